The fourth-order valence-corrected chi connectivity index (χ4v) is 2.71. The van der Waals surface area contributed by atoms with E-state index in [1.165, 1.54) is 0 Å². The monoisotopic (exact) mass is 276 g/mol. The number of rotatable bonds is 3. The molecular weight excluding hydrogens is 256 g/mol. The summed E-state index contributed by atoms with van der Waals surface area (Å²) in [5.74, 6) is -1.35. The molecule has 0 radical (unpaired) electrons. The number of hydrogen-bond acceptors (Lipinski definition) is 3. The summed E-state index contributed by atoms with van der Waals surface area (Å²) in [5, 5.41) is 9.16. The lowest BCUT2D eigenvalue weighted by atomic mass is 9.84. The predicted octanol–water partition coefficient (Wildman–Crippen LogP) is 1.54. The summed E-state index contributed by atoms with van der Waals surface area (Å²) < 4.78 is 0. The smallest absolute Gasteiger partial charge is 0.308 e. The average molecular weight is 276 g/mol. The van der Waals surface area contributed by atoms with Gasteiger partial charge in [0.1, 0.15) is 0 Å². The van der Waals surface area contributed by atoms with Gasteiger partial charge < -0.3 is 10.0 Å². The zero-order valence-electron chi connectivity index (χ0n) is 12.0. The molecule has 1 saturated heterocycles. The molecule has 1 amide bonds. The van der Waals surface area contributed by atoms with Gasteiger partial charge in [-0.3, -0.25) is 14.6 Å². The van der Waals surface area contributed by atoms with E-state index in [2.05, 4.69) is 4.98 Å². The number of nitrogens with zero attached hydrogens (tertiary/aromatic N) is 2. The van der Waals surface area contributed by atoms with Crippen LogP contribution >= 0.6 is 0 Å². The molecule has 2 atom stereocenters. The zero-order chi connectivity index (χ0) is 14.9. The SMILES string of the molecule is C[C@@H]1CN(C(=O)C(C)(C)c2cccnc2)C[C@H]1C(=O)O. The van der Waals surface area contributed by atoms with Crippen molar-refractivity contribution in [2.45, 2.75) is 26.2 Å². The van der Waals surface area contributed by atoms with E-state index >= 15 is 0 Å². The third-order valence-electron chi connectivity index (χ3n) is 4.13. The molecular formula is C15H20N2O3. The maximum Gasteiger partial charge on any atom is 0.308 e. The van der Waals surface area contributed by atoms with Gasteiger partial charge in [-0.2, -0.15) is 0 Å². The molecule has 1 aromatic heterocycles. The molecule has 0 spiro atoms. The molecule has 1 aromatic rings. The van der Waals surface area contributed by atoms with Crippen molar-refractivity contribution in [2.24, 2.45) is 11.8 Å². The molecule has 1 aliphatic heterocycles. The summed E-state index contributed by atoms with van der Waals surface area (Å²) in [4.78, 5) is 29.6. The number of hydrogen-bond donors (Lipinski definition) is 1. The zero-order valence-corrected chi connectivity index (χ0v) is 12.0. The van der Waals surface area contributed by atoms with Crippen LogP contribution in [0.5, 0.6) is 0 Å². The van der Waals surface area contributed by atoms with E-state index in [-0.39, 0.29) is 11.8 Å². The number of likely N-dealkylation sites (tertiary alicyclic amines) is 1. The molecule has 108 valence electrons. The first kappa shape index (κ1) is 14.5. The summed E-state index contributed by atoms with van der Waals surface area (Å²) in [6.45, 7) is 6.37. The van der Waals surface area contributed by atoms with Crippen molar-refractivity contribution < 1.29 is 14.7 Å². The second kappa shape index (κ2) is 5.23. The lowest BCUT2D eigenvalue weighted by Crippen LogP contribution is -2.42. The van der Waals surface area contributed by atoms with Crippen molar-refractivity contribution in [3.8, 4) is 0 Å². The van der Waals surface area contributed by atoms with Crippen molar-refractivity contribution in [3.63, 3.8) is 0 Å². The van der Waals surface area contributed by atoms with E-state index in [4.69, 9.17) is 5.11 Å². The maximum absolute atomic E-state index is 12.7. The normalized spacial score (nSPS) is 22.9. The molecule has 1 fully saturated rings. The predicted molar refractivity (Wildman–Crippen MR) is 74.1 cm³/mol. The standard InChI is InChI=1S/C15H20N2O3/c1-10-8-17(9-12(10)13(18)19)14(20)15(2,3)11-5-4-6-16-7-11/h4-7,10,12H,8-9H2,1-3H3,(H,18,19)/t10-,12-/m1/s1. The Morgan fingerprint density at radius 1 is 1.40 bits per heavy atom. The van der Waals surface area contributed by atoms with Gasteiger partial charge in [-0.1, -0.05) is 13.0 Å². The third kappa shape index (κ3) is 2.53. The van der Waals surface area contributed by atoms with Crippen molar-refractivity contribution in [3.05, 3.63) is 30.1 Å². The summed E-state index contributed by atoms with van der Waals surface area (Å²) in [5.41, 5.74) is 0.151. The topological polar surface area (TPSA) is 70.5 Å². The number of amides is 1. The van der Waals surface area contributed by atoms with Crippen LogP contribution in [0.1, 0.15) is 26.3 Å². The Hall–Kier alpha value is -1.91. The Morgan fingerprint density at radius 3 is 2.60 bits per heavy atom. The minimum Gasteiger partial charge on any atom is -0.481 e. The average Bonchev–Trinajstić information content (AvgIpc) is 2.81. The molecule has 0 saturated carbocycles. The van der Waals surface area contributed by atoms with Crippen molar-refractivity contribution in [1.29, 1.82) is 0 Å². The molecule has 2 rings (SSSR count). The van der Waals surface area contributed by atoms with Gasteiger partial charge in [-0.15, -0.1) is 0 Å². The highest BCUT2D eigenvalue weighted by molar-refractivity contribution is 5.88. The van der Waals surface area contributed by atoms with Crippen LogP contribution in [0.15, 0.2) is 24.5 Å². The fourth-order valence-electron chi connectivity index (χ4n) is 2.71. The molecule has 5 nitrogen and oxygen atoms in total. The molecule has 0 unspecified atom stereocenters. The molecule has 0 aliphatic carbocycles. The number of carboxylic acid groups (broad SMARTS) is 1. The van der Waals surface area contributed by atoms with E-state index in [1.807, 2.05) is 26.8 Å². The first-order valence-electron chi connectivity index (χ1n) is 6.76. The van der Waals surface area contributed by atoms with Crippen LogP contribution in [0.25, 0.3) is 0 Å². The lowest BCUT2D eigenvalue weighted by molar-refractivity contribution is -0.142. The largest absolute Gasteiger partial charge is 0.481 e. The van der Waals surface area contributed by atoms with E-state index in [1.54, 1.807) is 23.4 Å². The van der Waals surface area contributed by atoms with Crippen molar-refractivity contribution in [1.82, 2.24) is 9.88 Å². The summed E-state index contributed by atoms with van der Waals surface area (Å²) in [6.07, 6.45) is 3.36. The first-order valence-corrected chi connectivity index (χ1v) is 6.76. The van der Waals surface area contributed by atoms with Crippen LogP contribution in [0, 0.1) is 11.8 Å². The minimum atomic E-state index is -0.827. The van der Waals surface area contributed by atoms with Gasteiger partial charge in [0.25, 0.3) is 0 Å². The molecule has 0 aromatic carbocycles. The van der Waals surface area contributed by atoms with Crippen LogP contribution in [-0.4, -0.2) is 40.0 Å². The van der Waals surface area contributed by atoms with Crippen LogP contribution in [-0.2, 0) is 15.0 Å². The summed E-state index contributed by atoms with van der Waals surface area (Å²) in [6, 6.07) is 3.68. The number of pyridine rings is 1. The van der Waals surface area contributed by atoms with Gasteiger partial charge in [-0.25, -0.2) is 0 Å². The Labute approximate surface area is 118 Å². The highest BCUT2D eigenvalue weighted by Gasteiger charge is 2.42. The van der Waals surface area contributed by atoms with Gasteiger partial charge in [0, 0.05) is 25.5 Å². The lowest BCUT2D eigenvalue weighted by Gasteiger charge is -2.29. The van der Waals surface area contributed by atoms with Crippen LogP contribution in [0.3, 0.4) is 0 Å². The number of carboxylic acids is 1. The Bertz CT molecular complexity index is 513. The number of carbonyl (C=O) groups excluding carboxylic acids is 1. The number of aliphatic carboxylic acids is 1. The van der Waals surface area contributed by atoms with Crippen molar-refractivity contribution in [2.75, 3.05) is 13.1 Å². The molecule has 5 heteroatoms. The Kier molecular flexibility index (Phi) is 3.79. The van der Waals surface area contributed by atoms with E-state index in [0.29, 0.717) is 13.1 Å². The summed E-state index contributed by atoms with van der Waals surface area (Å²) >= 11 is 0. The fraction of sp³-hybridized carbons (Fsp3) is 0.533. The maximum atomic E-state index is 12.7. The van der Waals surface area contributed by atoms with Crippen LogP contribution in [0.2, 0.25) is 0 Å². The molecule has 20 heavy (non-hydrogen) atoms. The van der Waals surface area contributed by atoms with Gasteiger partial charge in [0.15, 0.2) is 0 Å². The second-order valence-electron chi connectivity index (χ2n) is 6.00. The molecule has 1 N–H and O–H groups in total. The molecule has 1 aliphatic rings. The van der Waals surface area contributed by atoms with Gasteiger partial charge in [0.2, 0.25) is 5.91 Å². The Balaban J connectivity index is 2.18. The number of carbonyl (C=O) groups is 2. The quantitative estimate of drug-likeness (QED) is 0.909. The molecule has 0 bridgehead atoms. The highest BCUT2D eigenvalue weighted by Crippen LogP contribution is 2.30. The second-order valence-corrected chi connectivity index (χ2v) is 6.00. The molecule has 2 heterocycles. The first-order chi connectivity index (χ1) is 9.34. The van der Waals surface area contributed by atoms with Crippen LogP contribution in [0.4, 0.5) is 0 Å². The van der Waals surface area contributed by atoms with Gasteiger partial charge in [-0.05, 0) is 31.4 Å². The van der Waals surface area contributed by atoms with Gasteiger partial charge in [0.05, 0.1) is 11.3 Å². The van der Waals surface area contributed by atoms with E-state index in [9.17, 15) is 9.59 Å². The van der Waals surface area contributed by atoms with E-state index in [0.717, 1.165) is 5.56 Å². The van der Waals surface area contributed by atoms with Crippen molar-refractivity contribution >= 4 is 11.9 Å². The van der Waals surface area contributed by atoms with Gasteiger partial charge >= 0.3 is 5.97 Å². The summed E-state index contributed by atoms with van der Waals surface area (Å²) in [7, 11) is 0. The number of aromatic nitrogens is 1. The van der Waals surface area contributed by atoms with Crippen LogP contribution < -0.4 is 0 Å². The Morgan fingerprint density at radius 2 is 2.10 bits per heavy atom. The minimum absolute atomic E-state index is 0.0128. The highest BCUT2D eigenvalue weighted by atomic mass is 16.4. The third-order valence-corrected chi connectivity index (χ3v) is 4.13. The van der Waals surface area contributed by atoms with E-state index < -0.39 is 17.3 Å².